The number of rotatable bonds is 4. The van der Waals surface area contributed by atoms with Gasteiger partial charge >= 0.3 is 0 Å². The van der Waals surface area contributed by atoms with Crippen molar-refractivity contribution in [1.82, 2.24) is 9.80 Å². The van der Waals surface area contributed by atoms with Crippen molar-refractivity contribution in [2.75, 3.05) is 56.0 Å². The van der Waals surface area contributed by atoms with Gasteiger partial charge in [0.2, 0.25) is 0 Å². The van der Waals surface area contributed by atoms with Crippen LogP contribution in [-0.2, 0) is 0 Å². The minimum atomic E-state index is 0.795. The number of benzene rings is 2. The van der Waals surface area contributed by atoms with Gasteiger partial charge in [0, 0.05) is 47.6 Å². The topological polar surface area (TPSA) is 13.0 Å². The summed E-state index contributed by atoms with van der Waals surface area (Å²) >= 11 is 12.1. The summed E-state index contributed by atoms with van der Waals surface area (Å²) in [5, 5.41) is 1.59. The van der Waals surface area contributed by atoms with E-state index in [4.69, 9.17) is 23.2 Å². The Morgan fingerprint density at radius 3 is 1.41 bits per heavy atom. The van der Waals surface area contributed by atoms with Gasteiger partial charge in [0.15, 0.2) is 0 Å². The van der Waals surface area contributed by atoms with Crippen molar-refractivity contribution in [1.29, 1.82) is 0 Å². The van der Waals surface area contributed by atoms with Gasteiger partial charge in [-0.3, -0.25) is 9.80 Å². The lowest BCUT2D eigenvalue weighted by molar-refractivity contribution is 0.107. The molecule has 4 nitrogen and oxygen atoms in total. The van der Waals surface area contributed by atoms with Crippen molar-refractivity contribution in [3.8, 4) is 0 Å². The summed E-state index contributed by atoms with van der Waals surface area (Å²) in [6.07, 6.45) is 2.38. The molecule has 0 bridgehead atoms. The molecule has 0 saturated carbocycles. The first kappa shape index (κ1) is 18.9. The molecule has 2 heterocycles. The number of hydrogen-bond donors (Lipinski definition) is 0. The van der Waals surface area contributed by atoms with Crippen LogP contribution in [0.2, 0.25) is 10.0 Å². The molecule has 2 fully saturated rings. The van der Waals surface area contributed by atoms with Crippen LogP contribution in [0.1, 0.15) is 12.8 Å². The molecule has 0 aliphatic carbocycles. The van der Waals surface area contributed by atoms with Gasteiger partial charge < -0.3 is 9.80 Å². The molecule has 2 aromatic carbocycles. The average molecular weight is 405 g/mol. The predicted molar refractivity (Wildman–Crippen MR) is 115 cm³/mol. The zero-order valence-electron chi connectivity index (χ0n) is 15.5. The lowest BCUT2D eigenvalue weighted by Crippen LogP contribution is -2.53. The third-order valence-corrected chi connectivity index (χ3v) is 5.83. The van der Waals surface area contributed by atoms with Gasteiger partial charge in [-0.25, -0.2) is 0 Å². The van der Waals surface area contributed by atoms with E-state index in [1.165, 1.54) is 24.2 Å². The summed E-state index contributed by atoms with van der Waals surface area (Å²) in [6, 6.07) is 16.4. The highest BCUT2D eigenvalue weighted by molar-refractivity contribution is 6.30. The highest BCUT2D eigenvalue weighted by Gasteiger charge is 2.23. The lowest BCUT2D eigenvalue weighted by atomic mass is 10.2. The van der Waals surface area contributed by atoms with Gasteiger partial charge in [-0.05, 0) is 61.4 Å². The monoisotopic (exact) mass is 404 g/mol. The highest BCUT2D eigenvalue weighted by atomic mass is 35.5. The van der Waals surface area contributed by atoms with E-state index in [-0.39, 0.29) is 0 Å². The minimum Gasteiger partial charge on any atom is -0.358 e. The van der Waals surface area contributed by atoms with E-state index in [0.29, 0.717) is 0 Å². The van der Waals surface area contributed by atoms with Gasteiger partial charge in [0.05, 0.1) is 20.0 Å². The molecule has 0 aromatic heterocycles. The Hall–Kier alpha value is -1.46. The van der Waals surface area contributed by atoms with Crippen molar-refractivity contribution < 1.29 is 0 Å². The van der Waals surface area contributed by atoms with E-state index in [0.717, 1.165) is 56.2 Å². The second-order valence-electron chi connectivity index (χ2n) is 7.40. The zero-order chi connectivity index (χ0) is 18.6. The van der Waals surface area contributed by atoms with Gasteiger partial charge in [0.25, 0.3) is 0 Å². The van der Waals surface area contributed by atoms with Gasteiger partial charge in [-0.2, -0.15) is 0 Å². The second kappa shape index (κ2) is 8.70. The van der Waals surface area contributed by atoms with E-state index >= 15 is 0 Å². The fraction of sp³-hybridized carbons (Fsp3) is 0.429. The van der Waals surface area contributed by atoms with Crippen molar-refractivity contribution in [2.45, 2.75) is 12.8 Å². The average Bonchev–Trinajstić information content (AvgIpc) is 2.69. The molecule has 0 atom stereocenters. The zero-order valence-corrected chi connectivity index (χ0v) is 17.0. The van der Waals surface area contributed by atoms with Crippen LogP contribution in [-0.4, -0.2) is 56.0 Å². The summed E-state index contributed by atoms with van der Waals surface area (Å²) in [4.78, 5) is 9.98. The normalized spacial score (nSPS) is 19.5. The van der Waals surface area contributed by atoms with Crippen molar-refractivity contribution in [3.05, 3.63) is 58.6 Å². The lowest BCUT2D eigenvalue weighted by Gasteiger charge is -2.43. The third kappa shape index (κ3) is 4.88. The Labute approximate surface area is 171 Å². The van der Waals surface area contributed by atoms with Crippen LogP contribution >= 0.6 is 23.2 Å². The van der Waals surface area contributed by atoms with Gasteiger partial charge in [0.1, 0.15) is 0 Å². The quantitative estimate of drug-likeness (QED) is 0.738. The Balaban J connectivity index is 1.35. The van der Waals surface area contributed by atoms with Gasteiger partial charge in [-0.15, -0.1) is 0 Å². The van der Waals surface area contributed by atoms with Crippen molar-refractivity contribution in [2.24, 2.45) is 0 Å². The Morgan fingerprint density at radius 1 is 0.593 bits per heavy atom. The van der Waals surface area contributed by atoms with Crippen LogP contribution in [0.15, 0.2) is 48.5 Å². The van der Waals surface area contributed by atoms with Crippen LogP contribution in [0.25, 0.3) is 0 Å². The molecule has 2 aliphatic rings. The first-order valence-electron chi connectivity index (χ1n) is 9.63. The molecule has 144 valence electrons. The summed E-state index contributed by atoms with van der Waals surface area (Å²) in [5.41, 5.74) is 2.51. The molecule has 2 aromatic rings. The van der Waals surface area contributed by atoms with Crippen LogP contribution in [0.4, 0.5) is 11.4 Å². The fourth-order valence-electron chi connectivity index (χ4n) is 3.98. The summed E-state index contributed by atoms with van der Waals surface area (Å²) < 4.78 is 0. The largest absolute Gasteiger partial charge is 0.358 e. The molecular formula is C21H26Cl2N4. The second-order valence-corrected chi connectivity index (χ2v) is 8.27. The van der Waals surface area contributed by atoms with Crippen LogP contribution in [0.5, 0.6) is 0 Å². The maximum absolute atomic E-state index is 6.03. The molecule has 0 spiro atoms. The molecule has 0 radical (unpaired) electrons. The third-order valence-electron chi connectivity index (χ3n) is 5.33. The van der Waals surface area contributed by atoms with Crippen molar-refractivity contribution >= 4 is 34.6 Å². The van der Waals surface area contributed by atoms with Gasteiger partial charge in [-0.1, -0.05) is 23.2 Å². The molecule has 2 aliphatic heterocycles. The molecule has 2 saturated heterocycles. The molecule has 4 rings (SSSR count). The van der Waals surface area contributed by atoms with Crippen LogP contribution < -0.4 is 9.80 Å². The molecule has 6 heteroatoms. The maximum atomic E-state index is 6.03. The summed E-state index contributed by atoms with van der Waals surface area (Å²) in [6.45, 7) is 7.47. The molecule has 0 amide bonds. The van der Waals surface area contributed by atoms with E-state index in [2.05, 4.69) is 43.9 Å². The molecule has 0 unspecified atom stereocenters. The van der Waals surface area contributed by atoms with Crippen LogP contribution in [0.3, 0.4) is 0 Å². The number of anilines is 2. The predicted octanol–water partition coefficient (Wildman–Crippen LogP) is 4.59. The Bertz CT molecular complexity index is 671. The van der Waals surface area contributed by atoms with E-state index in [9.17, 15) is 0 Å². The number of hydrogen-bond acceptors (Lipinski definition) is 4. The van der Waals surface area contributed by atoms with Crippen LogP contribution in [0, 0.1) is 0 Å². The fourth-order valence-corrected chi connectivity index (χ4v) is 4.23. The van der Waals surface area contributed by atoms with E-state index in [1.807, 2.05) is 24.3 Å². The SMILES string of the molecule is Clc1ccc(N2CCCN(CN3CCCN(c4ccc(Cl)cc4)C3)C2)cc1. The Kier molecular flexibility index (Phi) is 6.08. The maximum Gasteiger partial charge on any atom is 0.0717 e. The van der Waals surface area contributed by atoms with Crippen molar-refractivity contribution in [3.63, 3.8) is 0 Å². The highest BCUT2D eigenvalue weighted by Crippen LogP contribution is 2.23. The van der Waals surface area contributed by atoms with E-state index < -0.39 is 0 Å². The minimum absolute atomic E-state index is 0.795. The first-order valence-corrected chi connectivity index (χ1v) is 10.4. The number of halogens is 2. The molecule has 0 N–H and O–H groups in total. The summed E-state index contributed by atoms with van der Waals surface area (Å²) in [7, 11) is 0. The summed E-state index contributed by atoms with van der Waals surface area (Å²) in [5.74, 6) is 0. The standard InChI is InChI=1S/C21H26Cl2N4/c22-18-3-7-20(8-4-18)26-13-1-11-24(16-26)15-25-12-2-14-27(17-25)21-9-5-19(23)6-10-21/h3-10H,1-2,11-17H2. The molecular weight excluding hydrogens is 379 g/mol. The first-order chi connectivity index (χ1) is 13.2. The smallest absolute Gasteiger partial charge is 0.0717 e. The Morgan fingerprint density at radius 2 is 1.00 bits per heavy atom. The number of nitrogens with zero attached hydrogens (tertiary/aromatic N) is 4. The van der Waals surface area contributed by atoms with E-state index in [1.54, 1.807) is 0 Å². The molecule has 27 heavy (non-hydrogen) atoms.